The number of carbonyl (C=O) groups excluding carboxylic acids is 1. The summed E-state index contributed by atoms with van der Waals surface area (Å²) in [6.45, 7) is 2.83. The number of aromatic nitrogens is 5. The molecule has 0 spiro atoms. The predicted octanol–water partition coefficient (Wildman–Crippen LogP) is 3.01. The van der Waals surface area contributed by atoms with Gasteiger partial charge < -0.3 is 14.5 Å². The van der Waals surface area contributed by atoms with Crippen molar-refractivity contribution >= 4 is 17.4 Å². The van der Waals surface area contributed by atoms with E-state index in [0.717, 1.165) is 12.5 Å². The third-order valence-electron chi connectivity index (χ3n) is 6.57. The number of carbonyl (C=O) groups is 1. The fourth-order valence-corrected chi connectivity index (χ4v) is 4.82. The van der Waals surface area contributed by atoms with Gasteiger partial charge in [0.1, 0.15) is 23.1 Å². The maximum Gasteiger partial charge on any atom is 0.257 e. The number of halogens is 2. The SMILES string of the molecule is O=C(c1cnn(-c2cnn3ccc(N4CCCC4c4cc(F)ccc4F)nc23)c1)N1CCOCC1. The van der Waals surface area contributed by atoms with Crippen LogP contribution in [0.2, 0.25) is 0 Å². The summed E-state index contributed by atoms with van der Waals surface area (Å²) in [5.41, 5.74) is 1.96. The topological polar surface area (TPSA) is 80.8 Å². The van der Waals surface area contributed by atoms with Gasteiger partial charge >= 0.3 is 0 Å². The Labute approximate surface area is 199 Å². The Bertz CT molecular complexity index is 1400. The second-order valence-corrected chi connectivity index (χ2v) is 8.68. The van der Waals surface area contributed by atoms with Crippen molar-refractivity contribution in [1.29, 1.82) is 0 Å². The molecule has 5 heterocycles. The Balaban J connectivity index is 1.32. The molecule has 2 aliphatic heterocycles. The zero-order chi connectivity index (χ0) is 23.9. The van der Waals surface area contributed by atoms with E-state index in [9.17, 15) is 13.6 Å². The van der Waals surface area contributed by atoms with Crippen LogP contribution in [0.1, 0.15) is 34.8 Å². The molecule has 35 heavy (non-hydrogen) atoms. The van der Waals surface area contributed by atoms with Gasteiger partial charge in [0.25, 0.3) is 5.91 Å². The van der Waals surface area contributed by atoms with Crippen molar-refractivity contribution in [1.82, 2.24) is 29.3 Å². The second-order valence-electron chi connectivity index (χ2n) is 8.68. The highest BCUT2D eigenvalue weighted by atomic mass is 19.1. The summed E-state index contributed by atoms with van der Waals surface area (Å²) in [7, 11) is 0. The molecule has 1 atom stereocenters. The fourth-order valence-electron chi connectivity index (χ4n) is 4.82. The van der Waals surface area contributed by atoms with Gasteiger partial charge in [-0.3, -0.25) is 4.79 Å². The van der Waals surface area contributed by atoms with E-state index in [1.165, 1.54) is 18.3 Å². The summed E-state index contributed by atoms with van der Waals surface area (Å²) in [6.07, 6.45) is 8.16. The van der Waals surface area contributed by atoms with Crippen molar-refractivity contribution in [3.05, 3.63) is 71.8 Å². The van der Waals surface area contributed by atoms with E-state index < -0.39 is 11.6 Å². The van der Waals surface area contributed by atoms with E-state index >= 15 is 0 Å². The lowest BCUT2D eigenvalue weighted by Gasteiger charge is -2.26. The molecule has 1 aromatic carbocycles. The molecule has 0 N–H and O–H groups in total. The lowest BCUT2D eigenvalue weighted by Crippen LogP contribution is -2.40. The molecule has 2 saturated heterocycles. The number of morpholine rings is 1. The van der Waals surface area contributed by atoms with Gasteiger partial charge in [0.2, 0.25) is 0 Å². The van der Waals surface area contributed by atoms with E-state index in [1.807, 2.05) is 11.0 Å². The average Bonchev–Trinajstić information content (AvgIpc) is 3.64. The summed E-state index contributed by atoms with van der Waals surface area (Å²) in [5.74, 6) is -0.344. The molecule has 3 aromatic heterocycles. The van der Waals surface area contributed by atoms with Crippen LogP contribution in [0.15, 0.2) is 49.1 Å². The van der Waals surface area contributed by atoms with Gasteiger partial charge in [0, 0.05) is 37.6 Å². The molecule has 9 nitrogen and oxygen atoms in total. The van der Waals surface area contributed by atoms with Gasteiger partial charge in [-0.2, -0.15) is 10.2 Å². The van der Waals surface area contributed by atoms with Crippen LogP contribution >= 0.6 is 0 Å². The van der Waals surface area contributed by atoms with Crippen molar-refractivity contribution in [2.75, 3.05) is 37.7 Å². The molecule has 0 saturated carbocycles. The number of ether oxygens (including phenoxy) is 1. The molecule has 0 aliphatic carbocycles. The first-order valence-electron chi connectivity index (χ1n) is 11.6. The number of hydrogen-bond acceptors (Lipinski definition) is 6. The van der Waals surface area contributed by atoms with Gasteiger partial charge in [-0.05, 0) is 37.1 Å². The van der Waals surface area contributed by atoms with Crippen molar-refractivity contribution in [3.63, 3.8) is 0 Å². The molecule has 2 aliphatic rings. The molecule has 1 amide bonds. The van der Waals surface area contributed by atoms with Crippen LogP contribution in [0.5, 0.6) is 0 Å². The van der Waals surface area contributed by atoms with Crippen molar-refractivity contribution in [2.45, 2.75) is 18.9 Å². The molecule has 0 radical (unpaired) electrons. The monoisotopic (exact) mass is 479 g/mol. The van der Waals surface area contributed by atoms with Gasteiger partial charge in [-0.15, -0.1) is 0 Å². The van der Waals surface area contributed by atoms with Crippen LogP contribution in [0.4, 0.5) is 14.6 Å². The number of rotatable bonds is 4. The van der Waals surface area contributed by atoms with Crippen LogP contribution in [-0.2, 0) is 4.74 Å². The van der Waals surface area contributed by atoms with Crippen molar-refractivity contribution < 1.29 is 18.3 Å². The van der Waals surface area contributed by atoms with Crippen LogP contribution in [-0.4, -0.2) is 68.0 Å². The van der Waals surface area contributed by atoms with Crippen LogP contribution in [0.3, 0.4) is 0 Å². The Morgan fingerprint density at radius 2 is 1.91 bits per heavy atom. The quantitative estimate of drug-likeness (QED) is 0.448. The number of fused-ring (bicyclic) bond motifs is 1. The molecular weight excluding hydrogens is 456 g/mol. The Morgan fingerprint density at radius 3 is 2.77 bits per heavy atom. The van der Waals surface area contributed by atoms with Gasteiger partial charge in [-0.25, -0.2) is 23.0 Å². The number of hydrogen-bond donors (Lipinski definition) is 0. The summed E-state index contributed by atoms with van der Waals surface area (Å²) >= 11 is 0. The Hall–Kier alpha value is -3.86. The van der Waals surface area contributed by atoms with E-state index in [1.54, 1.807) is 32.7 Å². The maximum atomic E-state index is 14.5. The molecule has 6 rings (SSSR count). The largest absolute Gasteiger partial charge is 0.378 e. The van der Waals surface area contributed by atoms with E-state index in [-0.39, 0.29) is 11.9 Å². The molecular formula is C24H23F2N7O2. The fraction of sp³-hybridized carbons (Fsp3) is 0.333. The van der Waals surface area contributed by atoms with Gasteiger partial charge in [0.05, 0.1) is 37.2 Å². The smallest absolute Gasteiger partial charge is 0.257 e. The van der Waals surface area contributed by atoms with Gasteiger partial charge in [-0.1, -0.05) is 0 Å². The van der Waals surface area contributed by atoms with Crippen LogP contribution in [0.25, 0.3) is 11.3 Å². The molecule has 2 fully saturated rings. The summed E-state index contributed by atoms with van der Waals surface area (Å²) < 4.78 is 36.9. The third kappa shape index (κ3) is 3.91. The molecule has 1 unspecified atom stereocenters. The normalized spacial score (nSPS) is 18.5. The third-order valence-corrected chi connectivity index (χ3v) is 6.57. The molecule has 4 aromatic rings. The first-order valence-corrected chi connectivity index (χ1v) is 11.6. The zero-order valence-electron chi connectivity index (χ0n) is 18.8. The Kier molecular flexibility index (Phi) is 5.40. The van der Waals surface area contributed by atoms with Crippen LogP contribution < -0.4 is 4.90 Å². The number of nitrogens with zero attached hydrogens (tertiary/aromatic N) is 7. The second kappa shape index (κ2) is 8.73. The van der Waals surface area contributed by atoms with Gasteiger partial charge in [0.15, 0.2) is 5.65 Å². The highest BCUT2D eigenvalue weighted by Gasteiger charge is 2.30. The van der Waals surface area contributed by atoms with Crippen molar-refractivity contribution in [3.8, 4) is 5.69 Å². The maximum absolute atomic E-state index is 14.5. The number of benzene rings is 1. The highest BCUT2D eigenvalue weighted by molar-refractivity contribution is 5.94. The van der Waals surface area contributed by atoms with Crippen molar-refractivity contribution in [2.24, 2.45) is 0 Å². The van der Waals surface area contributed by atoms with E-state index in [0.29, 0.717) is 67.5 Å². The zero-order valence-corrected chi connectivity index (χ0v) is 18.8. The molecule has 11 heteroatoms. The minimum atomic E-state index is -0.462. The van der Waals surface area contributed by atoms with E-state index in [4.69, 9.17) is 9.72 Å². The molecule has 0 bridgehead atoms. The minimum absolute atomic E-state index is 0.0956. The van der Waals surface area contributed by atoms with Crippen LogP contribution in [0, 0.1) is 11.6 Å². The lowest BCUT2D eigenvalue weighted by molar-refractivity contribution is 0.0303. The number of anilines is 1. The summed E-state index contributed by atoms with van der Waals surface area (Å²) in [6, 6.07) is 5.06. The first-order chi connectivity index (χ1) is 17.1. The molecule has 180 valence electrons. The average molecular weight is 479 g/mol. The standard InChI is InChI=1S/C24H23F2N7O2/c25-17-3-4-19(26)18(12-17)20-2-1-6-31(20)22-5-7-32-23(29-22)21(14-28-32)33-15-16(13-27-33)24(34)30-8-10-35-11-9-30/h3-5,7,12-15,20H,1-2,6,8-11H2. The Morgan fingerprint density at radius 1 is 1.06 bits per heavy atom. The highest BCUT2D eigenvalue weighted by Crippen LogP contribution is 2.37. The lowest BCUT2D eigenvalue weighted by atomic mass is 10.0. The summed E-state index contributed by atoms with van der Waals surface area (Å²) in [5, 5.41) is 8.74. The predicted molar refractivity (Wildman–Crippen MR) is 123 cm³/mol. The first kappa shape index (κ1) is 21.7. The minimum Gasteiger partial charge on any atom is -0.378 e. The summed E-state index contributed by atoms with van der Waals surface area (Å²) in [4.78, 5) is 21.4. The number of amides is 1. The van der Waals surface area contributed by atoms with E-state index in [2.05, 4.69) is 10.2 Å².